The van der Waals surface area contributed by atoms with Crippen molar-refractivity contribution in [3.05, 3.63) is 29.3 Å². The molecule has 1 N–H and O–H groups in total. The average Bonchev–Trinajstić information content (AvgIpc) is 2.73. The quantitative estimate of drug-likeness (QED) is 0.884. The molecule has 1 atom stereocenters. The average molecular weight is 319 g/mol. The molecule has 114 valence electrons. The maximum absolute atomic E-state index is 13.7. The lowest BCUT2D eigenvalue weighted by Gasteiger charge is -2.13. The fourth-order valence-electron chi connectivity index (χ4n) is 2.13. The number of carbonyl (C=O) groups is 2. The monoisotopic (exact) mass is 319 g/mol. The number of carboxylic acid groups (broad SMARTS) is 1. The van der Waals surface area contributed by atoms with Crippen LogP contribution in [0.3, 0.4) is 0 Å². The summed E-state index contributed by atoms with van der Waals surface area (Å²) in [5.74, 6) is -5.59. The largest absolute Gasteiger partial charge is 0.478 e. The van der Waals surface area contributed by atoms with Crippen LogP contribution in [0.25, 0.3) is 0 Å². The van der Waals surface area contributed by atoms with Gasteiger partial charge < -0.3 is 10.0 Å². The number of amides is 1. The van der Waals surface area contributed by atoms with Crippen LogP contribution in [0.1, 0.15) is 16.8 Å². The van der Waals surface area contributed by atoms with Crippen LogP contribution in [0.2, 0.25) is 0 Å². The molecule has 1 aliphatic heterocycles. The van der Waals surface area contributed by atoms with E-state index >= 15 is 0 Å². The van der Waals surface area contributed by atoms with Crippen molar-refractivity contribution < 1.29 is 31.9 Å². The number of carbonyl (C=O) groups excluding carboxylic acids is 1. The van der Waals surface area contributed by atoms with E-state index in [1.807, 2.05) is 0 Å². The molecule has 2 rings (SSSR count). The highest BCUT2D eigenvalue weighted by molar-refractivity contribution is 7.92. The lowest BCUT2D eigenvalue weighted by molar-refractivity contribution is -0.126. The van der Waals surface area contributed by atoms with Gasteiger partial charge in [0, 0.05) is 13.6 Å². The maximum Gasteiger partial charge on any atom is 0.335 e. The number of rotatable bonds is 3. The van der Waals surface area contributed by atoms with E-state index < -0.39 is 49.1 Å². The molecule has 0 saturated carbocycles. The molecule has 1 saturated heterocycles. The van der Waals surface area contributed by atoms with Gasteiger partial charge in [0.2, 0.25) is 5.91 Å². The highest BCUT2D eigenvalue weighted by atomic mass is 32.2. The highest BCUT2D eigenvalue weighted by Gasteiger charge is 2.42. The van der Waals surface area contributed by atoms with Gasteiger partial charge in [0.25, 0.3) is 0 Å². The number of sulfone groups is 1. The second-order valence-corrected chi connectivity index (χ2v) is 6.76. The first-order valence-electron chi connectivity index (χ1n) is 5.87. The first-order valence-corrected chi connectivity index (χ1v) is 7.42. The summed E-state index contributed by atoms with van der Waals surface area (Å²) >= 11 is 0. The molecular weight excluding hydrogens is 308 g/mol. The van der Waals surface area contributed by atoms with Crippen molar-refractivity contribution in [1.29, 1.82) is 0 Å². The molecule has 1 unspecified atom stereocenters. The van der Waals surface area contributed by atoms with E-state index in [-0.39, 0.29) is 13.0 Å². The molecule has 21 heavy (non-hydrogen) atoms. The van der Waals surface area contributed by atoms with Crippen LogP contribution in [-0.2, 0) is 14.6 Å². The number of benzene rings is 1. The Balaban J connectivity index is 2.60. The zero-order valence-electron chi connectivity index (χ0n) is 10.8. The molecule has 1 aliphatic rings. The lowest BCUT2D eigenvalue weighted by Crippen LogP contribution is -2.32. The van der Waals surface area contributed by atoms with Crippen LogP contribution in [0.15, 0.2) is 17.0 Å². The second kappa shape index (κ2) is 5.06. The standard InChI is InChI=1S/C12H11F2NO5S/c1-15-3-2-8(11(15)16)21(19,20)9-5-6(12(17)18)4-7(13)10(9)14/h4-5,8H,2-3H2,1H3,(H,17,18). The molecule has 9 heteroatoms. The molecule has 1 amide bonds. The van der Waals surface area contributed by atoms with Crippen LogP contribution in [0.5, 0.6) is 0 Å². The van der Waals surface area contributed by atoms with Crippen molar-refractivity contribution in [3.63, 3.8) is 0 Å². The topological polar surface area (TPSA) is 91.8 Å². The summed E-state index contributed by atoms with van der Waals surface area (Å²) in [7, 11) is -3.11. The van der Waals surface area contributed by atoms with Gasteiger partial charge in [-0.3, -0.25) is 4.79 Å². The zero-order valence-corrected chi connectivity index (χ0v) is 11.7. The maximum atomic E-state index is 13.7. The third-order valence-corrected chi connectivity index (χ3v) is 5.40. The Bertz CT molecular complexity index is 731. The first-order chi connectivity index (χ1) is 9.66. The summed E-state index contributed by atoms with van der Waals surface area (Å²) in [5.41, 5.74) is -0.703. The number of hydrogen-bond acceptors (Lipinski definition) is 4. The normalized spacial score (nSPS) is 19.1. The number of aromatic carboxylic acids is 1. The summed E-state index contributed by atoms with van der Waals surface area (Å²) < 4.78 is 51.7. The van der Waals surface area contributed by atoms with Crippen molar-refractivity contribution >= 4 is 21.7 Å². The summed E-state index contributed by atoms with van der Waals surface area (Å²) in [6.07, 6.45) is -0.0595. The molecule has 1 heterocycles. The van der Waals surface area contributed by atoms with Crippen LogP contribution < -0.4 is 0 Å². The van der Waals surface area contributed by atoms with E-state index in [2.05, 4.69) is 0 Å². The molecule has 1 aromatic carbocycles. The van der Waals surface area contributed by atoms with Gasteiger partial charge in [-0.2, -0.15) is 0 Å². The number of likely N-dealkylation sites (tertiary alicyclic amines) is 1. The minimum absolute atomic E-state index is 0.0595. The summed E-state index contributed by atoms with van der Waals surface area (Å²) in [5, 5.41) is 7.26. The minimum atomic E-state index is -4.50. The van der Waals surface area contributed by atoms with Gasteiger partial charge in [0.15, 0.2) is 21.5 Å². The Morgan fingerprint density at radius 3 is 2.48 bits per heavy atom. The van der Waals surface area contributed by atoms with E-state index in [1.54, 1.807) is 0 Å². The Kier molecular flexibility index (Phi) is 3.70. The van der Waals surface area contributed by atoms with Gasteiger partial charge in [-0.25, -0.2) is 22.0 Å². The fraction of sp³-hybridized carbons (Fsp3) is 0.333. The molecule has 0 aromatic heterocycles. The van der Waals surface area contributed by atoms with Gasteiger partial charge in [0.1, 0.15) is 10.1 Å². The van der Waals surface area contributed by atoms with E-state index in [9.17, 15) is 26.8 Å². The Morgan fingerprint density at radius 2 is 2.00 bits per heavy atom. The molecule has 0 spiro atoms. The van der Waals surface area contributed by atoms with Crippen molar-refractivity contribution in [2.75, 3.05) is 13.6 Å². The van der Waals surface area contributed by atoms with Gasteiger partial charge in [-0.05, 0) is 18.6 Å². The smallest absolute Gasteiger partial charge is 0.335 e. The molecule has 0 radical (unpaired) electrons. The van der Waals surface area contributed by atoms with Crippen LogP contribution in [0.4, 0.5) is 8.78 Å². The number of nitrogens with zero attached hydrogens (tertiary/aromatic N) is 1. The molecular formula is C12H11F2NO5S. The van der Waals surface area contributed by atoms with Gasteiger partial charge >= 0.3 is 5.97 Å². The van der Waals surface area contributed by atoms with Gasteiger partial charge in [0.05, 0.1) is 5.56 Å². The number of halogens is 2. The van der Waals surface area contributed by atoms with E-state index in [4.69, 9.17) is 5.11 Å². The zero-order chi connectivity index (χ0) is 15.9. The first kappa shape index (κ1) is 15.4. The third-order valence-electron chi connectivity index (χ3n) is 3.30. The number of carboxylic acids is 1. The second-order valence-electron chi connectivity index (χ2n) is 4.66. The van der Waals surface area contributed by atoms with Crippen molar-refractivity contribution in [2.24, 2.45) is 0 Å². The van der Waals surface area contributed by atoms with E-state index in [0.717, 1.165) is 4.90 Å². The third kappa shape index (κ3) is 2.48. The molecule has 1 fully saturated rings. The molecule has 0 bridgehead atoms. The highest BCUT2D eigenvalue weighted by Crippen LogP contribution is 2.28. The molecule has 1 aromatic rings. The Hall–Kier alpha value is -2.03. The van der Waals surface area contributed by atoms with Crippen LogP contribution in [0, 0.1) is 11.6 Å². The lowest BCUT2D eigenvalue weighted by atomic mass is 10.2. The van der Waals surface area contributed by atoms with Crippen molar-refractivity contribution in [3.8, 4) is 0 Å². The summed E-state index contributed by atoms with van der Waals surface area (Å²) in [6, 6.07) is 0.918. The summed E-state index contributed by atoms with van der Waals surface area (Å²) in [4.78, 5) is 22.6. The van der Waals surface area contributed by atoms with Crippen molar-refractivity contribution in [1.82, 2.24) is 4.90 Å². The predicted octanol–water partition coefficient (Wildman–Crippen LogP) is 0.667. The molecule has 0 aliphatic carbocycles. The van der Waals surface area contributed by atoms with Gasteiger partial charge in [-0.15, -0.1) is 0 Å². The Labute approximate surface area is 118 Å². The summed E-state index contributed by atoms with van der Waals surface area (Å²) in [6.45, 7) is 0.172. The molecule has 6 nitrogen and oxygen atoms in total. The van der Waals surface area contributed by atoms with E-state index in [0.29, 0.717) is 12.1 Å². The Morgan fingerprint density at radius 1 is 1.38 bits per heavy atom. The number of hydrogen-bond donors (Lipinski definition) is 1. The van der Waals surface area contributed by atoms with Gasteiger partial charge in [-0.1, -0.05) is 0 Å². The van der Waals surface area contributed by atoms with Crippen molar-refractivity contribution in [2.45, 2.75) is 16.6 Å². The van der Waals surface area contributed by atoms with Crippen LogP contribution in [-0.4, -0.2) is 49.1 Å². The predicted molar refractivity (Wildman–Crippen MR) is 66.5 cm³/mol. The van der Waals surface area contributed by atoms with E-state index in [1.165, 1.54) is 7.05 Å². The van der Waals surface area contributed by atoms with Crippen LogP contribution >= 0.6 is 0 Å². The minimum Gasteiger partial charge on any atom is -0.478 e. The SMILES string of the molecule is CN1CCC(S(=O)(=O)c2cc(C(=O)O)cc(F)c2F)C1=O. The fourth-order valence-corrected chi connectivity index (χ4v) is 3.93.